The lowest BCUT2D eigenvalue weighted by atomic mass is 9.82. The van der Waals surface area contributed by atoms with Gasteiger partial charge in [-0.05, 0) is 6.07 Å². The third kappa shape index (κ3) is 4.17. The molecule has 0 aromatic carbocycles. The number of aromatic nitrogens is 1. The molecular weight excluding hydrogens is 214 g/mol. The molecule has 1 aromatic rings. The third-order valence-corrected chi connectivity index (χ3v) is 1.44. The van der Waals surface area contributed by atoms with E-state index in [1.165, 1.54) is 6.07 Å². The number of hydrogen-bond acceptors (Lipinski definition) is 4. The second-order valence-electron chi connectivity index (χ2n) is 2.71. The van der Waals surface area contributed by atoms with Crippen LogP contribution in [0.15, 0.2) is 18.3 Å². The molecule has 82 valence electrons. The fourth-order valence-electron chi connectivity index (χ4n) is 0.786. The molecule has 0 radical (unpaired) electrons. The molecule has 15 heavy (non-hydrogen) atoms. The molecule has 0 aliphatic heterocycles. The van der Waals surface area contributed by atoms with Crippen molar-refractivity contribution in [2.45, 2.75) is 6.18 Å². The SMILES string of the molecule is OB(O)c1ccc(OCC(F)(F)F)nc1. The first-order chi connectivity index (χ1) is 6.88. The average molecular weight is 221 g/mol. The third-order valence-electron chi connectivity index (χ3n) is 1.44. The molecule has 2 N–H and O–H groups in total. The van der Waals surface area contributed by atoms with E-state index in [0.29, 0.717) is 0 Å². The fraction of sp³-hybridized carbons (Fsp3) is 0.286. The van der Waals surface area contributed by atoms with Crippen molar-refractivity contribution < 1.29 is 28.0 Å². The Morgan fingerprint density at radius 3 is 2.40 bits per heavy atom. The van der Waals surface area contributed by atoms with E-state index in [4.69, 9.17) is 10.0 Å². The fourth-order valence-corrected chi connectivity index (χ4v) is 0.786. The number of pyridine rings is 1. The number of hydrogen-bond donors (Lipinski definition) is 2. The minimum atomic E-state index is -4.42. The molecule has 0 fully saturated rings. The monoisotopic (exact) mass is 221 g/mol. The second-order valence-corrected chi connectivity index (χ2v) is 2.71. The maximum absolute atomic E-state index is 11.7. The lowest BCUT2D eigenvalue weighted by molar-refractivity contribution is -0.154. The number of nitrogens with zero attached hydrogens (tertiary/aromatic N) is 1. The van der Waals surface area contributed by atoms with Gasteiger partial charge in [0.05, 0.1) is 0 Å². The zero-order valence-electron chi connectivity index (χ0n) is 7.40. The highest BCUT2D eigenvalue weighted by Gasteiger charge is 2.28. The molecular formula is C7H7BF3NO3. The molecule has 0 spiro atoms. The van der Waals surface area contributed by atoms with Gasteiger partial charge in [-0.2, -0.15) is 13.2 Å². The Hall–Kier alpha value is -1.28. The van der Waals surface area contributed by atoms with E-state index < -0.39 is 19.9 Å². The lowest BCUT2D eigenvalue weighted by Crippen LogP contribution is -2.30. The summed E-state index contributed by atoms with van der Waals surface area (Å²) in [5, 5.41) is 17.3. The number of ether oxygens (including phenoxy) is 1. The molecule has 0 atom stereocenters. The van der Waals surface area contributed by atoms with Crippen LogP contribution in [0.2, 0.25) is 0 Å². The van der Waals surface area contributed by atoms with E-state index in [9.17, 15) is 13.2 Å². The molecule has 0 unspecified atom stereocenters. The minimum Gasteiger partial charge on any atom is -0.468 e. The molecule has 1 rings (SSSR count). The summed E-state index contributed by atoms with van der Waals surface area (Å²) in [6.45, 7) is -1.43. The van der Waals surface area contributed by atoms with Crippen molar-refractivity contribution in [1.29, 1.82) is 0 Å². The van der Waals surface area contributed by atoms with Crippen molar-refractivity contribution >= 4 is 12.6 Å². The van der Waals surface area contributed by atoms with E-state index in [0.717, 1.165) is 12.3 Å². The Balaban J connectivity index is 2.57. The van der Waals surface area contributed by atoms with E-state index in [1.807, 2.05) is 0 Å². The van der Waals surface area contributed by atoms with Crippen LogP contribution in [-0.2, 0) is 0 Å². The van der Waals surface area contributed by atoms with Crippen molar-refractivity contribution in [3.63, 3.8) is 0 Å². The van der Waals surface area contributed by atoms with Gasteiger partial charge in [0, 0.05) is 11.7 Å². The highest BCUT2D eigenvalue weighted by molar-refractivity contribution is 6.58. The quantitative estimate of drug-likeness (QED) is 0.688. The molecule has 0 aliphatic carbocycles. The van der Waals surface area contributed by atoms with Gasteiger partial charge in [0.1, 0.15) is 0 Å². The Labute approximate surface area is 83.5 Å². The van der Waals surface area contributed by atoms with Gasteiger partial charge < -0.3 is 14.8 Å². The van der Waals surface area contributed by atoms with Crippen molar-refractivity contribution in [2.75, 3.05) is 6.61 Å². The highest BCUT2D eigenvalue weighted by atomic mass is 19.4. The van der Waals surface area contributed by atoms with Gasteiger partial charge in [-0.1, -0.05) is 6.07 Å². The Bertz CT molecular complexity index is 314. The Morgan fingerprint density at radius 2 is 2.00 bits per heavy atom. The van der Waals surface area contributed by atoms with Crippen LogP contribution in [0.5, 0.6) is 5.88 Å². The van der Waals surface area contributed by atoms with Gasteiger partial charge in [0.2, 0.25) is 5.88 Å². The van der Waals surface area contributed by atoms with Crippen molar-refractivity contribution in [2.24, 2.45) is 0 Å². The van der Waals surface area contributed by atoms with E-state index in [2.05, 4.69) is 9.72 Å². The summed E-state index contributed by atoms with van der Waals surface area (Å²) < 4.78 is 39.5. The summed E-state index contributed by atoms with van der Waals surface area (Å²) >= 11 is 0. The number of rotatable bonds is 3. The topological polar surface area (TPSA) is 62.6 Å². The summed E-state index contributed by atoms with van der Waals surface area (Å²) in [5.41, 5.74) is 0.0781. The maximum Gasteiger partial charge on any atom is 0.490 e. The summed E-state index contributed by atoms with van der Waals surface area (Å²) in [6.07, 6.45) is -3.40. The molecule has 0 saturated carbocycles. The average Bonchev–Trinajstić information content (AvgIpc) is 2.14. The van der Waals surface area contributed by atoms with Crippen LogP contribution < -0.4 is 10.2 Å². The van der Waals surface area contributed by atoms with Gasteiger partial charge in [0.15, 0.2) is 6.61 Å². The number of halogens is 3. The van der Waals surface area contributed by atoms with Crippen LogP contribution >= 0.6 is 0 Å². The zero-order valence-corrected chi connectivity index (χ0v) is 7.40. The lowest BCUT2D eigenvalue weighted by Gasteiger charge is -2.08. The second kappa shape index (κ2) is 4.50. The van der Waals surface area contributed by atoms with Gasteiger partial charge in [0.25, 0.3) is 0 Å². The smallest absolute Gasteiger partial charge is 0.468 e. The van der Waals surface area contributed by atoms with Gasteiger partial charge in [-0.25, -0.2) is 4.98 Å². The molecule has 1 aromatic heterocycles. The largest absolute Gasteiger partial charge is 0.490 e. The molecule has 8 heteroatoms. The standard InChI is InChI=1S/C7H7BF3NO3/c9-7(10,11)4-15-6-2-1-5(3-12-6)8(13)14/h1-3,13-14H,4H2. The number of alkyl halides is 3. The van der Waals surface area contributed by atoms with Crippen LogP contribution in [0.25, 0.3) is 0 Å². The predicted octanol–water partition coefficient (Wildman–Crippen LogP) is -0.298. The Morgan fingerprint density at radius 1 is 1.33 bits per heavy atom. The first-order valence-electron chi connectivity index (χ1n) is 3.90. The normalized spacial score (nSPS) is 11.3. The first-order valence-corrected chi connectivity index (χ1v) is 3.90. The van der Waals surface area contributed by atoms with Crippen LogP contribution in [-0.4, -0.2) is 34.9 Å². The van der Waals surface area contributed by atoms with Crippen molar-refractivity contribution in [3.8, 4) is 5.88 Å². The zero-order chi connectivity index (χ0) is 11.5. The van der Waals surface area contributed by atoms with Crippen molar-refractivity contribution in [1.82, 2.24) is 4.98 Å². The van der Waals surface area contributed by atoms with E-state index in [-0.39, 0.29) is 11.3 Å². The first kappa shape index (κ1) is 11.8. The highest BCUT2D eigenvalue weighted by Crippen LogP contribution is 2.16. The van der Waals surface area contributed by atoms with Crippen LogP contribution in [0.4, 0.5) is 13.2 Å². The summed E-state index contributed by atoms with van der Waals surface area (Å²) in [5.74, 6) is -0.225. The maximum atomic E-state index is 11.7. The minimum absolute atomic E-state index is 0.0781. The molecule has 1 heterocycles. The van der Waals surface area contributed by atoms with Crippen molar-refractivity contribution in [3.05, 3.63) is 18.3 Å². The molecule has 0 amide bonds. The van der Waals surface area contributed by atoms with Crippen LogP contribution in [0.1, 0.15) is 0 Å². The van der Waals surface area contributed by atoms with Gasteiger partial charge in [-0.3, -0.25) is 0 Å². The van der Waals surface area contributed by atoms with E-state index >= 15 is 0 Å². The molecule has 0 saturated heterocycles. The summed E-state index contributed by atoms with van der Waals surface area (Å²) in [7, 11) is -1.70. The molecule has 0 bridgehead atoms. The Kier molecular flexibility index (Phi) is 3.54. The summed E-state index contributed by atoms with van der Waals surface area (Å²) in [4.78, 5) is 3.46. The molecule has 4 nitrogen and oxygen atoms in total. The van der Waals surface area contributed by atoms with Crippen LogP contribution in [0.3, 0.4) is 0 Å². The predicted molar refractivity (Wildman–Crippen MR) is 45.6 cm³/mol. The molecule has 0 aliphatic rings. The van der Waals surface area contributed by atoms with E-state index in [1.54, 1.807) is 0 Å². The van der Waals surface area contributed by atoms with Gasteiger partial charge >= 0.3 is 13.3 Å². The van der Waals surface area contributed by atoms with Crippen LogP contribution in [0, 0.1) is 0 Å². The summed E-state index contributed by atoms with van der Waals surface area (Å²) in [6, 6.07) is 2.34. The van der Waals surface area contributed by atoms with Gasteiger partial charge in [-0.15, -0.1) is 0 Å².